The normalized spacial score (nSPS) is 7.71. The molecule has 0 rings (SSSR count). The Morgan fingerprint density at radius 1 is 1.14 bits per heavy atom. The van der Waals surface area contributed by atoms with Gasteiger partial charge in [-0.05, 0) is 0 Å². The molecule has 0 spiro atoms. The zero-order chi connectivity index (χ0) is 6.28. The average molecular weight is 244 g/mol. The lowest BCUT2D eigenvalue weighted by Gasteiger charge is -1.65. The molecule has 0 aromatic rings. The summed E-state index contributed by atoms with van der Waals surface area (Å²) in [4.78, 5) is 0. The number of hydrogen-bond donors (Lipinski definition) is 0. The Hall–Kier alpha value is 0.750. The first-order chi connectivity index (χ1) is 3.15. The largest absolute Gasteiger partial charge is 0.379 e. The van der Waals surface area contributed by atoms with Crippen LogP contribution in [-0.2, 0) is 0 Å². The van der Waals surface area contributed by atoms with Gasteiger partial charge in [-0.1, -0.05) is 31.9 Å². The van der Waals surface area contributed by atoms with Crippen molar-refractivity contribution in [1.82, 2.24) is 0 Å². The summed E-state index contributed by atoms with van der Waals surface area (Å²) in [5.74, 6) is 0. The second kappa shape index (κ2) is 9.89. The molecule has 0 unspecified atom stereocenters. The molecule has 0 radical (unpaired) electrons. The minimum atomic E-state index is -3.67. The molecule has 0 aliphatic heterocycles. The van der Waals surface area contributed by atoms with E-state index < -0.39 is 6.68 Å². The van der Waals surface area contributed by atoms with Gasteiger partial charge in [0.15, 0.2) is 0 Å². The van der Waals surface area contributed by atoms with Crippen LogP contribution in [0, 0.1) is 0 Å². The Balaban J connectivity index is 0. The Kier molecular flexibility index (Phi) is 15.1. The van der Waals surface area contributed by atoms with E-state index in [9.17, 15) is 13.2 Å². The maximum atomic E-state index is 9.67. The van der Waals surface area contributed by atoms with E-state index in [1.54, 1.807) is 0 Å². The summed E-state index contributed by atoms with van der Waals surface area (Å²) in [7, 11) is 0. The van der Waals surface area contributed by atoms with Crippen molar-refractivity contribution in [3.8, 4) is 0 Å². The van der Waals surface area contributed by atoms with Gasteiger partial charge in [-0.25, -0.2) is 0 Å². The summed E-state index contributed by atoms with van der Waals surface area (Å²) in [6, 6.07) is 0. The van der Waals surface area contributed by atoms with Crippen LogP contribution < -0.4 is 0 Å². The van der Waals surface area contributed by atoms with Gasteiger partial charge in [-0.2, -0.15) is 13.2 Å². The lowest BCUT2D eigenvalue weighted by molar-refractivity contribution is 0.00819. The fourth-order valence-corrected chi connectivity index (χ4v) is 0. The molecule has 46 valence electrons. The van der Waals surface area contributed by atoms with Crippen LogP contribution in [-0.4, -0.2) is 10.9 Å². The highest BCUT2D eigenvalue weighted by Crippen LogP contribution is 1.87. The van der Waals surface area contributed by atoms with E-state index in [0.717, 1.165) is 4.24 Å². The fourth-order valence-electron chi connectivity index (χ4n) is 0. The van der Waals surface area contributed by atoms with Gasteiger partial charge < -0.3 is 0 Å². The third kappa shape index (κ3) is 271. The molecule has 0 N–H and O–H groups in total. The molecule has 0 aliphatic rings. The summed E-state index contributed by atoms with van der Waals surface area (Å²) in [5.41, 5.74) is 0. The first kappa shape index (κ1) is 10.7. The monoisotopic (exact) mass is 242 g/mol. The van der Waals surface area contributed by atoms with E-state index >= 15 is 0 Å². The first-order valence-electron chi connectivity index (χ1n) is 1.19. The number of hydrogen-bond acceptors (Lipinski definition) is 0. The third-order valence-corrected chi connectivity index (χ3v) is 0. The standard InChI is InChI=1S/CH2Br2.CHF3/c2-1-3;2-1(3)4/h1H2;1H. The lowest BCUT2D eigenvalue weighted by Crippen LogP contribution is -1.65. The van der Waals surface area contributed by atoms with Crippen LogP contribution in [0.1, 0.15) is 0 Å². The highest BCUT2D eigenvalue weighted by molar-refractivity contribution is 9.24. The first-order valence-corrected chi connectivity index (χ1v) is 3.43. The maximum Gasteiger partial charge on any atom is 0.379 e. The van der Waals surface area contributed by atoms with Crippen molar-refractivity contribution in [2.45, 2.75) is 6.68 Å². The van der Waals surface area contributed by atoms with Crippen LogP contribution in [0.4, 0.5) is 13.2 Å². The summed E-state index contributed by atoms with van der Waals surface area (Å²) in [5, 5.41) is 0. The summed E-state index contributed by atoms with van der Waals surface area (Å²) >= 11 is 6.12. The van der Waals surface area contributed by atoms with E-state index in [0.29, 0.717) is 0 Å². The lowest BCUT2D eigenvalue weighted by atomic mass is 11.6. The van der Waals surface area contributed by atoms with Crippen molar-refractivity contribution in [3.63, 3.8) is 0 Å². The van der Waals surface area contributed by atoms with Gasteiger partial charge in [0.2, 0.25) is 0 Å². The third-order valence-electron chi connectivity index (χ3n) is 0. The Bertz CT molecular complexity index is 22.1. The number of rotatable bonds is 0. The van der Waals surface area contributed by atoms with E-state index in [2.05, 4.69) is 31.9 Å². The molecule has 0 fully saturated rings. The van der Waals surface area contributed by atoms with Crippen LogP contribution in [0.25, 0.3) is 0 Å². The van der Waals surface area contributed by atoms with Crippen LogP contribution in [0.15, 0.2) is 0 Å². The zero-order valence-electron chi connectivity index (χ0n) is 3.17. The molecule has 0 heterocycles. The predicted octanol–water partition coefficient (Wildman–Crippen LogP) is 2.91. The minimum absolute atomic E-state index is 0.875. The Morgan fingerprint density at radius 2 is 1.14 bits per heavy atom. The van der Waals surface area contributed by atoms with Crippen molar-refractivity contribution in [1.29, 1.82) is 0 Å². The van der Waals surface area contributed by atoms with E-state index in [1.165, 1.54) is 0 Å². The van der Waals surface area contributed by atoms with Gasteiger partial charge in [-0.15, -0.1) is 0 Å². The fraction of sp³-hybridized carbons (Fsp3) is 1.00. The van der Waals surface area contributed by atoms with Crippen molar-refractivity contribution in [2.75, 3.05) is 4.24 Å². The van der Waals surface area contributed by atoms with Crippen molar-refractivity contribution >= 4 is 31.9 Å². The SMILES string of the molecule is BrCBr.FC(F)F. The van der Waals surface area contributed by atoms with Crippen molar-refractivity contribution < 1.29 is 13.2 Å². The van der Waals surface area contributed by atoms with Gasteiger partial charge in [0.05, 0.1) is 4.24 Å². The van der Waals surface area contributed by atoms with Gasteiger partial charge in [0.1, 0.15) is 0 Å². The molecular formula is C2H3Br2F3. The van der Waals surface area contributed by atoms with Crippen LogP contribution >= 0.6 is 31.9 Å². The van der Waals surface area contributed by atoms with Gasteiger partial charge in [0, 0.05) is 0 Å². The van der Waals surface area contributed by atoms with Crippen LogP contribution in [0.3, 0.4) is 0 Å². The molecular weight excluding hydrogens is 241 g/mol. The average Bonchev–Trinajstić information content (AvgIpc) is 1.33. The highest BCUT2D eigenvalue weighted by atomic mass is 79.9. The summed E-state index contributed by atoms with van der Waals surface area (Å²) in [6.07, 6.45) is 0. The van der Waals surface area contributed by atoms with Gasteiger partial charge in [-0.3, -0.25) is 0 Å². The minimum Gasteiger partial charge on any atom is -0.174 e. The Morgan fingerprint density at radius 3 is 1.14 bits per heavy atom. The number of halogens is 5. The van der Waals surface area contributed by atoms with Gasteiger partial charge in [0.25, 0.3) is 0 Å². The zero-order valence-corrected chi connectivity index (χ0v) is 6.35. The molecule has 0 nitrogen and oxygen atoms in total. The van der Waals surface area contributed by atoms with E-state index in [4.69, 9.17) is 0 Å². The maximum absolute atomic E-state index is 9.67. The topological polar surface area (TPSA) is 0 Å². The Labute approximate surface area is 56.3 Å². The molecule has 7 heavy (non-hydrogen) atoms. The van der Waals surface area contributed by atoms with Crippen molar-refractivity contribution in [3.05, 3.63) is 0 Å². The van der Waals surface area contributed by atoms with Crippen molar-refractivity contribution in [2.24, 2.45) is 0 Å². The molecule has 0 aromatic heterocycles. The van der Waals surface area contributed by atoms with Crippen LogP contribution in [0.2, 0.25) is 0 Å². The predicted molar refractivity (Wildman–Crippen MR) is 29.8 cm³/mol. The molecule has 0 bridgehead atoms. The molecule has 5 heteroatoms. The number of alkyl halides is 5. The van der Waals surface area contributed by atoms with Gasteiger partial charge >= 0.3 is 6.68 Å². The van der Waals surface area contributed by atoms with Crippen LogP contribution in [0.5, 0.6) is 0 Å². The molecule has 0 aliphatic carbocycles. The molecule has 0 saturated heterocycles. The quantitative estimate of drug-likeness (QED) is 0.574. The summed E-state index contributed by atoms with van der Waals surface area (Å²) in [6.45, 7) is -3.67. The smallest absolute Gasteiger partial charge is 0.174 e. The molecule has 0 saturated carbocycles. The van der Waals surface area contributed by atoms with E-state index in [-0.39, 0.29) is 0 Å². The molecule has 0 atom stereocenters. The molecule has 0 aromatic carbocycles. The second-order valence-corrected chi connectivity index (χ2v) is 2.97. The second-order valence-electron chi connectivity index (χ2n) is 0.348. The molecule has 0 amide bonds. The van der Waals surface area contributed by atoms with E-state index in [1.807, 2.05) is 0 Å². The highest BCUT2D eigenvalue weighted by Gasteiger charge is 1.86. The summed E-state index contributed by atoms with van der Waals surface area (Å²) < 4.78 is 29.9.